The van der Waals surface area contributed by atoms with E-state index in [4.69, 9.17) is 11.6 Å². The molecule has 0 spiro atoms. The Morgan fingerprint density at radius 3 is 2.95 bits per heavy atom. The topological polar surface area (TPSA) is 59.8 Å². The molecule has 5 nitrogen and oxygen atoms in total. The van der Waals surface area contributed by atoms with Crippen molar-refractivity contribution in [3.8, 4) is 0 Å². The fourth-order valence-electron chi connectivity index (χ4n) is 2.07. The molecule has 0 fully saturated rings. The molecule has 0 saturated heterocycles. The van der Waals surface area contributed by atoms with Crippen LogP contribution in [0.4, 0.5) is 0 Å². The van der Waals surface area contributed by atoms with Crippen molar-refractivity contribution in [2.45, 2.75) is 6.54 Å². The van der Waals surface area contributed by atoms with Crippen molar-refractivity contribution in [2.24, 2.45) is 7.05 Å². The zero-order valence-electron chi connectivity index (χ0n) is 11.4. The predicted molar refractivity (Wildman–Crippen MR) is 81.1 cm³/mol. The van der Waals surface area contributed by atoms with E-state index >= 15 is 0 Å². The fourth-order valence-corrected chi connectivity index (χ4v) is 2.33. The lowest BCUT2D eigenvalue weighted by atomic mass is 10.2. The van der Waals surface area contributed by atoms with Gasteiger partial charge in [-0.25, -0.2) is 9.97 Å². The minimum absolute atomic E-state index is 0.273. The number of aryl methyl sites for hydroxylation is 1. The molecule has 2 aromatic heterocycles. The van der Waals surface area contributed by atoms with Crippen molar-refractivity contribution in [2.75, 3.05) is 0 Å². The summed E-state index contributed by atoms with van der Waals surface area (Å²) in [5, 5.41) is 4.14. The lowest BCUT2D eigenvalue weighted by Gasteiger charge is -2.07. The molecule has 1 N–H and O–H groups in total. The molecule has 21 heavy (non-hydrogen) atoms. The van der Waals surface area contributed by atoms with Crippen molar-refractivity contribution >= 4 is 28.4 Å². The van der Waals surface area contributed by atoms with Gasteiger partial charge in [-0.05, 0) is 12.1 Å². The number of nitrogens with zero attached hydrogens (tertiary/aromatic N) is 3. The Bertz CT molecular complexity index is 812. The Morgan fingerprint density at radius 1 is 1.38 bits per heavy atom. The average Bonchev–Trinajstić information content (AvgIpc) is 2.90. The number of fused-ring (bicyclic) bond motifs is 1. The maximum Gasteiger partial charge on any atom is 0.270 e. The van der Waals surface area contributed by atoms with E-state index in [0.29, 0.717) is 22.8 Å². The molecule has 0 radical (unpaired) electrons. The zero-order valence-corrected chi connectivity index (χ0v) is 12.1. The van der Waals surface area contributed by atoms with Gasteiger partial charge in [-0.15, -0.1) is 0 Å². The number of carbonyl (C=O) groups excluding carboxylic acids is 1. The molecule has 1 amide bonds. The van der Waals surface area contributed by atoms with Gasteiger partial charge in [0.1, 0.15) is 11.5 Å². The summed E-state index contributed by atoms with van der Waals surface area (Å²) in [5.41, 5.74) is 1.00. The van der Waals surface area contributed by atoms with Crippen molar-refractivity contribution in [3.63, 3.8) is 0 Å². The van der Waals surface area contributed by atoms with Crippen molar-refractivity contribution in [1.29, 1.82) is 0 Å². The SMILES string of the molecule is Cn1ccnc1CNC(=O)c1cc(Cl)c2ccccc2n1. The fraction of sp³-hybridized carbons (Fsp3) is 0.133. The highest BCUT2D eigenvalue weighted by molar-refractivity contribution is 6.35. The smallest absolute Gasteiger partial charge is 0.270 e. The average molecular weight is 301 g/mol. The number of benzene rings is 1. The van der Waals surface area contributed by atoms with Crippen LogP contribution in [0.25, 0.3) is 10.9 Å². The zero-order chi connectivity index (χ0) is 14.8. The van der Waals surface area contributed by atoms with Crippen LogP contribution < -0.4 is 5.32 Å². The van der Waals surface area contributed by atoms with Crippen LogP contribution >= 0.6 is 11.6 Å². The second kappa shape index (κ2) is 5.54. The summed E-state index contributed by atoms with van der Waals surface area (Å²) in [5.74, 6) is 0.501. The number of amides is 1. The summed E-state index contributed by atoms with van der Waals surface area (Å²) in [4.78, 5) is 20.7. The van der Waals surface area contributed by atoms with Crippen LogP contribution in [0.1, 0.15) is 16.3 Å². The first-order chi connectivity index (χ1) is 10.1. The molecule has 3 rings (SSSR count). The van der Waals surface area contributed by atoms with Crippen molar-refractivity contribution < 1.29 is 4.79 Å². The van der Waals surface area contributed by atoms with Gasteiger partial charge in [0.2, 0.25) is 0 Å². The number of hydrogen-bond acceptors (Lipinski definition) is 3. The van der Waals surface area contributed by atoms with Crippen LogP contribution in [0.3, 0.4) is 0 Å². The monoisotopic (exact) mass is 300 g/mol. The molecule has 0 bridgehead atoms. The van der Waals surface area contributed by atoms with Gasteiger partial charge in [-0.3, -0.25) is 4.79 Å². The number of rotatable bonds is 3. The number of halogens is 1. The van der Waals surface area contributed by atoms with Gasteiger partial charge in [0.15, 0.2) is 0 Å². The van der Waals surface area contributed by atoms with Crippen LogP contribution in [0.15, 0.2) is 42.7 Å². The molecule has 106 valence electrons. The van der Waals surface area contributed by atoms with Gasteiger partial charge in [0.25, 0.3) is 5.91 Å². The highest BCUT2D eigenvalue weighted by Gasteiger charge is 2.11. The van der Waals surface area contributed by atoms with E-state index in [1.165, 1.54) is 0 Å². The lowest BCUT2D eigenvalue weighted by Crippen LogP contribution is -2.25. The molecule has 3 aromatic rings. The number of carbonyl (C=O) groups is 1. The molecule has 0 aliphatic heterocycles. The molecule has 0 aliphatic carbocycles. The molecule has 0 unspecified atom stereocenters. The second-order valence-corrected chi connectivity index (χ2v) is 5.05. The summed E-state index contributed by atoms with van der Waals surface area (Å²) in [6, 6.07) is 9.03. The molecule has 2 heterocycles. The van der Waals surface area contributed by atoms with Gasteiger partial charge in [-0.2, -0.15) is 0 Å². The van der Waals surface area contributed by atoms with Crippen LogP contribution in [-0.4, -0.2) is 20.4 Å². The summed E-state index contributed by atoms with van der Waals surface area (Å²) >= 11 is 6.19. The Kier molecular flexibility index (Phi) is 3.58. The van der Waals surface area contributed by atoms with E-state index in [-0.39, 0.29) is 5.91 Å². The second-order valence-electron chi connectivity index (χ2n) is 4.64. The Hall–Kier alpha value is -2.40. The Labute approximate surface area is 126 Å². The number of aromatic nitrogens is 3. The summed E-state index contributed by atoms with van der Waals surface area (Å²) in [6.07, 6.45) is 3.51. The van der Waals surface area contributed by atoms with E-state index in [2.05, 4.69) is 15.3 Å². The molecular formula is C15H13ClN4O. The maximum atomic E-state index is 12.2. The lowest BCUT2D eigenvalue weighted by molar-refractivity contribution is 0.0945. The van der Waals surface area contributed by atoms with Crippen LogP contribution in [0.2, 0.25) is 5.02 Å². The molecule has 0 aliphatic rings. The quantitative estimate of drug-likeness (QED) is 0.808. The molecule has 0 saturated carbocycles. The first kappa shape index (κ1) is 13.6. The molecule has 0 atom stereocenters. The summed E-state index contributed by atoms with van der Waals surface area (Å²) < 4.78 is 1.85. The number of imidazole rings is 1. The van der Waals surface area contributed by atoms with E-state index in [0.717, 1.165) is 11.2 Å². The van der Waals surface area contributed by atoms with Gasteiger partial charge in [-0.1, -0.05) is 29.8 Å². The Balaban J connectivity index is 1.83. The minimum Gasteiger partial charge on any atom is -0.343 e. The van der Waals surface area contributed by atoms with Gasteiger partial charge < -0.3 is 9.88 Å². The number of nitrogens with one attached hydrogen (secondary N) is 1. The van der Waals surface area contributed by atoms with Crippen molar-refractivity contribution in [3.05, 3.63) is 59.3 Å². The highest BCUT2D eigenvalue weighted by atomic mass is 35.5. The summed E-state index contributed by atoms with van der Waals surface area (Å²) in [6.45, 7) is 0.342. The third-order valence-electron chi connectivity index (χ3n) is 3.23. The van der Waals surface area contributed by atoms with Gasteiger partial charge in [0, 0.05) is 24.8 Å². The van der Waals surface area contributed by atoms with E-state index in [1.807, 2.05) is 42.1 Å². The van der Waals surface area contributed by atoms with Crippen LogP contribution in [0, 0.1) is 0 Å². The normalized spacial score (nSPS) is 10.8. The van der Waals surface area contributed by atoms with Crippen LogP contribution in [-0.2, 0) is 13.6 Å². The third-order valence-corrected chi connectivity index (χ3v) is 3.54. The molecular weight excluding hydrogens is 288 g/mol. The van der Waals surface area contributed by atoms with E-state index < -0.39 is 0 Å². The first-order valence-corrected chi connectivity index (χ1v) is 6.82. The first-order valence-electron chi connectivity index (χ1n) is 6.45. The standard InChI is InChI=1S/C15H13ClN4O/c1-20-7-6-17-14(20)9-18-15(21)13-8-11(16)10-4-2-3-5-12(10)19-13/h2-8H,9H2,1H3,(H,18,21). The predicted octanol–water partition coefficient (Wildman–Crippen LogP) is 2.55. The number of para-hydroxylation sites is 1. The third kappa shape index (κ3) is 2.73. The maximum absolute atomic E-state index is 12.2. The van der Waals surface area contributed by atoms with Gasteiger partial charge >= 0.3 is 0 Å². The van der Waals surface area contributed by atoms with E-state index in [9.17, 15) is 4.79 Å². The van der Waals surface area contributed by atoms with Crippen LogP contribution in [0.5, 0.6) is 0 Å². The highest BCUT2D eigenvalue weighted by Crippen LogP contribution is 2.22. The number of pyridine rings is 1. The summed E-state index contributed by atoms with van der Waals surface area (Å²) in [7, 11) is 1.87. The number of hydrogen-bond donors (Lipinski definition) is 1. The minimum atomic E-state index is -0.273. The Morgan fingerprint density at radius 2 is 2.19 bits per heavy atom. The van der Waals surface area contributed by atoms with Crippen molar-refractivity contribution in [1.82, 2.24) is 19.9 Å². The molecule has 1 aromatic carbocycles. The molecule has 6 heteroatoms. The largest absolute Gasteiger partial charge is 0.343 e. The van der Waals surface area contributed by atoms with E-state index in [1.54, 1.807) is 12.3 Å². The van der Waals surface area contributed by atoms with Gasteiger partial charge in [0.05, 0.1) is 17.1 Å².